The number of nitrogens with zero attached hydrogens (tertiary/aromatic N) is 1. The Morgan fingerprint density at radius 2 is 2.19 bits per heavy atom. The number of amides is 1. The van der Waals surface area contributed by atoms with E-state index in [0.717, 1.165) is 6.42 Å². The molecule has 0 radical (unpaired) electrons. The third-order valence-electron chi connectivity index (χ3n) is 2.24. The summed E-state index contributed by atoms with van der Waals surface area (Å²) in [5.74, 6) is 0.116. The molecule has 0 saturated heterocycles. The van der Waals surface area contributed by atoms with Gasteiger partial charge in [0.05, 0.1) is 5.56 Å². The molecule has 0 aromatic carbocycles. The maximum Gasteiger partial charge on any atom is 0.255 e. The molecule has 0 atom stereocenters. The number of aromatic nitrogens is 1. The lowest BCUT2D eigenvalue weighted by Gasteiger charge is -2.18. The molecule has 1 rings (SSSR count). The second-order valence-electron chi connectivity index (χ2n) is 5.00. The van der Waals surface area contributed by atoms with E-state index in [2.05, 4.69) is 31.1 Å². The standard InChI is InChI=1S/C12H19N3O/c1-12(2,3)6-8-15-11(16)9-5-4-7-14-10(9)13/h4-5,7H,6,8H2,1-3H3,(H2,13,14)(H,15,16). The summed E-state index contributed by atoms with van der Waals surface area (Å²) in [6.07, 6.45) is 2.50. The largest absolute Gasteiger partial charge is 0.383 e. The Labute approximate surface area is 96.3 Å². The minimum atomic E-state index is -0.158. The van der Waals surface area contributed by atoms with Gasteiger partial charge in [0.15, 0.2) is 0 Å². The van der Waals surface area contributed by atoms with Crippen molar-refractivity contribution in [2.45, 2.75) is 27.2 Å². The van der Waals surface area contributed by atoms with E-state index < -0.39 is 0 Å². The monoisotopic (exact) mass is 221 g/mol. The van der Waals surface area contributed by atoms with E-state index in [9.17, 15) is 4.79 Å². The van der Waals surface area contributed by atoms with Gasteiger partial charge in [-0.3, -0.25) is 4.79 Å². The maximum absolute atomic E-state index is 11.7. The molecular weight excluding hydrogens is 202 g/mol. The molecule has 3 N–H and O–H groups in total. The van der Waals surface area contributed by atoms with E-state index in [4.69, 9.17) is 5.73 Å². The zero-order valence-corrected chi connectivity index (χ0v) is 10.1. The first-order valence-corrected chi connectivity index (χ1v) is 5.39. The number of anilines is 1. The van der Waals surface area contributed by atoms with Crippen molar-refractivity contribution < 1.29 is 4.79 Å². The second kappa shape index (κ2) is 4.96. The average molecular weight is 221 g/mol. The first-order valence-electron chi connectivity index (χ1n) is 5.39. The van der Waals surface area contributed by atoms with E-state index >= 15 is 0 Å². The summed E-state index contributed by atoms with van der Waals surface area (Å²) >= 11 is 0. The molecule has 0 unspecified atom stereocenters. The molecular formula is C12H19N3O. The van der Waals surface area contributed by atoms with Gasteiger partial charge in [-0.05, 0) is 24.0 Å². The molecule has 0 saturated carbocycles. The molecule has 0 aliphatic carbocycles. The fourth-order valence-electron chi connectivity index (χ4n) is 1.26. The molecule has 1 heterocycles. The number of hydrogen-bond donors (Lipinski definition) is 2. The highest BCUT2D eigenvalue weighted by Crippen LogP contribution is 2.17. The predicted octanol–water partition coefficient (Wildman–Crippen LogP) is 1.83. The van der Waals surface area contributed by atoms with Gasteiger partial charge >= 0.3 is 0 Å². The Kier molecular flexibility index (Phi) is 3.88. The summed E-state index contributed by atoms with van der Waals surface area (Å²) in [6, 6.07) is 3.38. The summed E-state index contributed by atoms with van der Waals surface area (Å²) in [7, 11) is 0. The Balaban J connectivity index is 2.51. The van der Waals surface area contributed by atoms with Crippen molar-refractivity contribution in [3.8, 4) is 0 Å². The Morgan fingerprint density at radius 1 is 1.50 bits per heavy atom. The van der Waals surface area contributed by atoms with Crippen LogP contribution in [0, 0.1) is 5.41 Å². The van der Waals surface area contributed by atoms with Crippen molar-refractivity contribution in [2.75, 3.05) is 12.3 Å². The Morgan fingerprint density at radius 3 is 2.75 bits per heavy atom. The Bertz CT molecular complexity index is 369. The molecule has 88 valence electrons. The SMILES string of the molecule is CC(C)(C)CCNC(=O)c1cccnc1N. The molecule has 1 aromatic rings. The number of hydrogen-bond acceptors (Lipinski definition) is 3. The number of nitrogen functional groups attached to an aromatic ring is 1. The van der Waals surface area contributed by atoms with Crippen molar-refractivity contribution in [1.82, 2.24) is 10.3 Å². The summed E-state index contributed by atoms with van der Waals surface area (Å²) in [4.78, 5) is 15.6. The van der Waals surface area contributed by atoms with E-state index in [-0.39, 0.29) is 17.1 Å². The number of nitrogens with two attached hydrogens (primary N) is 1. The van der Waals surface area contributed by atoms with Gasteiger partial charge in [-0.15, -0.1) is 0 Å². The lowest BCUT2D eigenvalue weighted by molar-refractivity contribution is 0.0950. The fourth-order valence-corrected chi connectivity index (χ4v) is 1.26. The van der Waals surface area contributed by atoms with Gasteiger partial charge in [0, 0.05) is 12.7 Å². The zero-order chi connectivity index (χ0) is 12.2. The van der Waals surface area contributed by atoms with Crippen molar-refractivity contribution in [3.05, 3.63) is 23.9 Å². The van der Waals surface area contributed by atoms with Crippen molar-refractivity contribution >= 4 is 11.7 Å². The van der Waals surface area contributed by atoms with E-state index in [1.165, 1.54) is 0 Å². The van der Waals surface area contributed by atoms with Crippen molar-refractivity contribution in [3.63, 3.8) is 0 Å². The van der Waals surface area contributed by atoms with E-state index in [0.29, 0.717) is 12.1 Å². The molecule has 0 aliphatic rings. The third kappa shape index (κ3) is 3.88. The smallest absolute Gasteiger partial charge is 0.255 e. The van der Waals surface area contributed by atoms with Crippen LogP contribution in [-0.4, -0.2) is 17.4 Å². The quantitative estimate of drug-likeness (QED) is 0.818. The topological polar surface area (TPSA) is 68.0 Å². The number of rotatable bonds is 3. The lowest BCUT2D eigenvalue weighted by atomic mass is 9.92. The van der Waals surface area contributed by atoms with E-state index in [1.54, 1.807) is 18.3 Å². The van der Waals surface area contributed by atoms with Crippen LogP contribution in [0.1, 0.15) is 37.6 Å². The van der Waals surface area contributed by atoms with Gasteiger partial charge in [-0.25, -0.2) is 4.98 Å². The first-order chi connectivity index (χ1) is 7.40. The maximum atomic E-state index is 11.7. The minimum Gasteiger partial charge on any atom is -0.383 e. The minimum absolute atomic E-state index is 0.158. The van der Waals surface area contributed by atoms with Crippen molar-refractivity contribution in [2.24, 2.45) is 5.41 Å². The summed E-state index contributed by atoms with van der Waals surface area (Å²) in [5, 5.41) is 2.84. The molecule has 0 fully saturated rings. The van der Waals surface area contributed by atoms with Gasteiger partial charge in [0.2, 0.25) is 0 Å². The van der Waals surface area contributed by atoms with Crippen LogP contribution in [0.25, 0.3) is 0 Å². The molecule has 16 heavy (non-hydrogen) atoms. The van der Waals surface area contributed by atoms with Crippen LogP contribution in [0.15, 0.2) is 18.3 Å². The van der Waals surface area contributed by atoms with Gasteiger partial charge in [-0.1, -0.05) is 20.8 Å². The number of carbonyl (C=O) groups excluding carboxylic acids is 1. The van der Waals surface area contributed by atoms with Gasteiger partial charge in [0.1, 0.15) is 5.82 Å². The third-order valence-corrected chi connectivity index (χ3v) is 2.24. The fraction of sp³-hybridized carbons (Fsp3) is 0.500. The molecule has 4 nitrogen and oxygen atoms in total. The van der Waals surface area contributed by atoms with Crippen LogP contribution in [0.5, 0.6) is 0 Å². The summed E-state index contributed by atoms with van der Waals surface area (Å²) in [6.45, 7) is 7.06. The van der Waals surface area contributed by atoms with Gasteiger partial charge in [-0.2, -0.15) is 0 Å². The highest BCUT2D eigenvalue weighted by molar-refractivity contribution is 5.98. The molecule has 4 heteroatoms. The highest BCUT2D eigenvalue weighted by atomic mass is 16.1. The van der Waals surface area contributed by atoms with Crippen LogP contribution in [0.2, 0.25) is 0 Å². The second-order valence-corrected chi connectivity index (χ2v) is 5.00. The molecule has 0 spiro atoms. The number of carbonyl (C=O) groups is 1. The first kappa shape index (κ1) is 12.5. The summed E-state index contributed by atoms with van der Waals surface area (Å²) in [5.41, 5.74) is 6.26. The van der Waals surface area contributed by atoms with Crippen LogP contribution < -0.4 is 11.1 Å². The van der Waals surface area contributed by atoms with E-state index in [1.807, 2.05) is 0 Å². The van der Waals surface area contributed by atoms with Crippen LogP contribution >= 0.6 is 0 Å². The number of pyridine rings is 1. The molecule has 0 bridgehead atoms. The van der Waals surface area contributed by atoms with Gasteiger partial charge in [0.25, 0.3) is 5.91 Å². The van der Waals surface area contributed by atoms with Crippen LogP contribution in [0.4, 0.5) is 5.82 Å². The molecule has 1 aromatic heterocycles. The van der Waals surface area contributed by atoms with Gasteiger partial charge < -0.3 is 11.1 Å². The normalized spacial score (nSPS) is 11.2. The highest BCUT2D eigenvalue weighted by Gasteiger charge is 2.12. The van der Waals surface area contributed by atoms with Crippen molar-refractivity contribution in [1.29, 1.82) is 0 Å². The van der Waals surface area contributed by atoms with Crippen LogP contribution in [0.3, 0.4) is 0 Å². The molecule has 1 amide bonds. The van der Waals surface area contributed by atoms with Crippen LogP contribution in [-0.2, 0) is 0 Å². The predicted molar refractivity (Wildman–Crippen MR) is 65.1 cm³/mol. The average Bonchev–Trinajstić information content (AvgIpc) is 2.16. The molecule has 0 aliphatic heterocycles. The Hall–Kier alpha value is -1.58. The zero-order valence-electron chi connectivity index (χ0n) is 10.1. The number of nitrogens with one attached hydrogen (secondary N) is 1. The summed E-state index contributed by atoms with van der Waals surface area (Å²) < 4.78 is 0. The lowest BCUT2D eigenvalue weighted by Crippen LogP contribution is -2.28.